The fourth-order valence-electron chi connectivity index (χ4n) is 4.48. The lowest BCUT2D eigenvalue weighted by Gasteiger charge is -2.36. The Hall–Kier alpha value is -3.70. The highest BCUT2D eigenvalue weighted by molar-refractivity contribution is 7.99. The Morgan fingerprint density at radius 3 is 2.22 bits per heavy atom. The van der Waals surface area contributed by atoms with Crippen molar-refractivity contribution in [2.24, 2.45) is 0 Å². The van der Waals surface area contributed by atoms with Gasteiger partial charge in [-0.25, -0.2) is 4.79 Å². The van der Waals surface area contributed by atoms with Gasteiger partial charge in [0.15, 0.2) is 6.29 Å². The minimum atomic E-state index is -0.979. The maximum absolute atomic E-state index is 12.2. The van der Waals surface area contributed by atoms with Crippen LogP contribution < -0.4 is 5.32 Å². The summed E-state index contributed by atoms with van der Waals surface area (Å²) in [5, 5.41) is 30.5. The van der Waals surface area contributed by atoms with Crippen molar-refractivity contribution in [3.8, 4) is 0 Å². The SMILES string of the molecule is O=C(O)CCCCC(=O)Nc1ccc([C@H]2O[C@@H](CSc3ccccc3C(=O)O)C[C@@H](c3ccc(CO)cc3)O2)cc1. The maximum Gasteiger partial charge on any atom is 0.336 e. The number of aliphatic carboxylic acids is 1. The number of carbonyl (C=O) groups is 3. The Bertz CT molecular complexity index is 1330. The zero-order valence-corrected chi connectivity index (χ0v) is 23.2. The van der Waals surface area contributed by atoms with Crippen LogP contribution in [-0.2, 0) is 25.7 Å². The summed E-state index contributed by atoms with van der Waals surface area (Å²) in [5.41, 5.74) is 3.37. The van der Waals surface area contributed by atoms with Crippen LogP contribution in [0.5, 0.6) is 0 Å². The molecule has 41 heavy (non-hydrogen) atoms. The molecule has 1 aliphatic rings. The van der Waals surface area contributed by atoms with Gasteiger partial charge in [0.1, 0.15) is 0 Å². The van der Waals surface area contributed by atoms with E-state index in [1.807, 2.05) is 42.5 Å². The van der Waals surface area contributed by atoms with Crippen LogP contribution in [0.2, 0.25) is 0 Å². The number of ether oxygens (including phenoxy) is 2. The number of thioether (sulfide) groups is 1. The van der Waals surface area contributed by atoms with Crippen molar-refractivity contribution in [3.05, 3.63) is 95.1 Å². The van der Waals surface area contributed by atoms with Gasteiger partial charge in [0, 0.05) is 41.2 Å². The summed E-state index contributed by atoms with van der Waals surface area (Å²) >= 11 is 1.43. The molecule has 0 aliphatic carbocycles. The fourth-order valence-corrected chi connectivity index (χ4v) is 5.55. The van der Waals surface area contributed by atoms with Crippen molar-refractivity contribution in [2.45, 2.75) is 62.1 Å². The lowest BCUT2D eigenvalue weighted by atomic mass is 10.0. The number of rotatable bonds is 13. The van der Waals surface area contributed by atoms with Crippen LogP contribution in [0.1, 0.15) is 71.5 Å². The van der Waals surface area contributed by atoms with Gasteiger partial charge >= 0.3 is 11.9 Å². The Morgan fingerprint density at radius 1 is 0.854 bits per heavy atom. The topological polar surface area (TPSA) is 142 Å². The quantitative estimate of drug-likeness (QED) is 0.146. The summed E-state index contributed by atoms with van der Waals surface area (Å²) in [6.07, 6.45) is 0.577. The Kier molecular flexibility index (Phi) is 10.9. The third-order valence-electron chi connectivity index (χ3n) is 6.67. The molecule has 0 bridgehead atoms. The molecule has 0 unspecified atom stereocenters. The average Bonchev–Trinajstić information content (AvgIpc) is 2.98. The fraction of sp³-hybridized carbons (Fsp3) is 0.323. The van der Waals surface area contributed by atoms with Crippen molar-refractivity contribution in [3.63, 3.8) is 0 Å². The lowest BCUT2D eigenvalue weighted by Crippen LogP contribution is -2.31. The van der Waals surface area contributed by atoms with Crippen LogP contribution in [0.25, 0.3) is 0 Å². The molecule has 0 radical (unpaired) electrons. The first-order valence-electron chi connectivity index (χ1n) is 13.4. The first-order valence-corrected chi connectivity index (χ1v) is 14.4. The Morgan fingerprint density at radius 2 is 1.54 bits per heavy atom. The molecule has 4 rings (SSSR count). The molecular weight excluding hydrogens is 546 g/mol. The predicted octanol–water partition coefficient (Wildman–Crippen LogP) is 5.80. The second-order valence-electron chi connectivity index (χ2n) is 9.73. The maximum atomic E-state index is 12.2. The second-order valence-corrected chi connectivity index (χ2v) is 10.8. The molecular formula is C31H33NO8S. The number of carboxylic acids is 2. The van der Waals surface area contributed by atoms with Crippen LogP contribution in [0.15, 0.2) is 77.7 Å². The molecule has 0 saturated carbocycles. The van der Waals surface area contributed by atoms with E-state index < -0.39 is 18.2 Å². The van der Waals surface area contributed by atoms with Gasteiger partial charge < -0.3 is 30.1 Å². The van der Waals surface area contributed by atoms with E-state index in [1.165, 1.54) is 11.8 Å². The van der Waals surface area contributed by atoms with Crippen LogP contribution in [-0.4, -0.2) is 45.0 Å². The zero-order chi connectivity index (χ0) is 29.2. The summed E-state index contributed by atoms with van der Waals surface area (Å²) in [6.45, 7) is -0.0506. The standard InChI is InChI=1S/C31H33NO8S/c33-18-20-9-11-21(12-10-20)26-17-24(19-41-27-6-2-1-5-25(27)30(37)38)39-31(40-26)22-13-15-23(16-14-22)32-28(34)7-3-4-8-29(35)36/h1-2,5-6,9-16,24,26,31,33H,3-4,7-8,17-19H2,(H,32,34)(H,35,36)(H,37,38)/t24-,26+,31+/m1/s1. The van der Waals surface area contributed by atoms with E-state index in [2.05, 4.69) is 5.32 Å². The van der Waals surface area contributed by atoms with Crippen molar-refractivity contribution in [1.29, 1.82) is 0 Å². The van der Waals surface area contributed by atoms with Crippen molar-refractivity contribution in [2.75, 3.05) is 11.1 Å². The third-order valence-corrected chi connectivity index (χ3v) is 7.87. The van der Waals surface area contributed by atoms with Gasteiger partial charge in [-0.05, 0) is 48.2 Å². The largest absolute Gasteiger partial charge is 0.481 e. The third kappa shape index (κ3) is 8.89. The first kappa shape index (κ1) is 30.3. The van der Waals surface area contributed by atoms with Gasteiger partial charge in [-0.1, -0.05) is 48.5 Å². The van der Waals surface area contributed by atoms with E-state index in [4.69, 9.17) is 14.6 Å². The summed E-state index contributed by atoms with van der Waals surface area (Å²) in [6, 6.07) is 21.6. The van der Waals surface area contributed by atoms with Crippen molar-refractivity contribution < 1.29 is 39.2 Å². The van der Waals surface area contributed by atoms with E-state index in [9.17, 15) is 24.6 Å². The zero-order valence-electron chi connectivity index (χ0n) is 22.4. The number of unbranched alkanes of at least 4 members (excludes halogenated alkanes) is 1. The molecule has 1 fully saturated rings. The monoisotopic (exact) mass is 579 g/mol. The number of aromatic carboxylic acids is 1. The molecule has 3 atom stereocenters. The molecule has 3 aromatic rings. The Labute approximate surface area is 242 Å². The number of aliphatic hydroxyl groups is 1. The molecule has 0 aromatic heterocycles. The van der Waals surface area contributed by atoms with E-state index in [1.54, 1.807) is 30.3 Å². The molecule has 1 aliphatic heterocycles. The summed E-state index contributed by atoms with van der Waals surface area (Å²) in [7, 11) is 0. The number of carboxylic acid groups (broad SMARTS) is 2. The van der Waals surface area contributed by atoms with Gasteiger partial charge in [-0.2, -0.15) is 0 Å². The molecule has 1 heterocycles. The predicted molar refractivity (Wildman–Crippen MR) is 154 cm³/mol. The lowest BCUT2D eigenvalue weighted by molar-refractivity contribution is -0.245. The highest BCUT2D eigenvalue weighted by Gasteiger charge is 2.32. The highest BCUT2D eigenvalue weighted by atomic mass is 32.2. The number of aliphatic hydroxyl groups excluding tert-OH is 1. The van der Waals surface area contributed by atoms with Crippen LogP contribution in [0.3, 0.4) is 0 Å². The minimum absolute atomic E-state index is 0.0432. The van der Waals surface area contributed by atoms with Gasteiger partial charge in [0.05, 0.1) is 24.4 Å². The minimum Gasteiger partial charge on any atom is -0.481 e. The molecule has 1 saturated heterocycles. The number of benzene rings is 3. The Balaban J connectivity index is 1.45. The molecule has 3 aromatic carbocycles. The number of hydrogen-bond donors (Lipinski definition) is 4. The van der Waals surface area contributed by atoms with Crippen molar-refractivity contribution in [1.82, 2.24) is 0 Å². The number of nitrogens with one attached hydrogen (secondary N) is 1. The average molecular weight is 580 g/mol. The van der Waals surface area contributed by atoms with E-state index >= 15 is 0 Å². The highest BCUT2D eigenvalue weighted by Crippen LogP contribution is 2.40. The number of carbonyl (C=O) groups excluding carboxylic acids is 1. The van der Waals surface area contributed by atoms with Gasteiger partial charge in [-0.15, -0.1) is 11.8 Å². The number of hydrogen-bond acceptors (Lipinski definition) is 7. The molecule has 0 spiro atoms. The van der Waals surface area contributed by atoms with E-state index in [0.717, 1.165) is 16.7 Å². The normalized spacial score (nSPS) is 18.5. The summed E-state index contributed by atoms with van der Waals surface area (Å²) in [4.78, 5) is 35.2. The molecule has 10 heteroatoms. The smallest absolute Gasteiger partial charge is 0.336 e. The second kappa shape index (κ2) is 14.8. The van der Waals surface area contributed by atoms with Crippen LogP contribution in [0.4, 0.5) is 5.69 Å². The van der Waals surface area contributed by atoms with Crippen LogP contribution in [0, 0.1) is 0 Å². The summed E-state index contributed by atoms with van der Waals surface area (Å²) in [5.74, 6) is -1.51. The number of anilines is 1. The van der Waals surface area contributed by atoms with E-state index in [-0.39, 0.29) is 43.1 Å². The van der Waals surface area contributed by atoms with E-state index in [0.29, 0.717) is 35.6 Å². The molecule has 1 amide bonds. The summed E-state index contributed by atoms with van der Waals surface area (Å²) < 4.78 is 12.7. The first-order chi connectivity index (χ1) is 19.8. The van der Waals surface area contributed by atoms with Crippen molar-refractivity contribution >= 4 is 35.3 Å². The molecule has 216 valence electrons. The number of amides is 1. The van der Waals surface area contributed by atoms with Gasteiger partial charge in [-0.3, -0.25) is 9.59 Å². The van der Waals surface area contributed by atoms with Gasteiger partial charge in [0.25, 0.3) is 0 Å². The molecule has 4 N–H and O–H groups in total. The van der Waals surface area contributed by atoms with Crippen LogP contribution >= 0.6 is 11.8 Å². The van der Waals surface area contributed by atoms with Gasteiger partial charge in [0.2, 0.25) is 5.91 Å². The molecule has 9 nitrogen and oxygen atoms in total.